The smallest absolute Gasteiger partial charge is 0.416 e. The summed E-state index contributed by atoms with van der Waals surface area (Å²) in [6.07, 6.45) is -2.14. The van der Waals surface area contributed by atoms with Crippen molar-refractivity contribution in [2.45, 2.75) is 31.9 Å². The maximum Gasteiger partial charge on any atom is 0.416 e. The normalized spacial score (nSPS) is 13.7. The van der Waals surface area contributed by atoms with Crippen molar-refractivity contribution in [2.75, 3.05) is 5.32 Å². The Morgan fingerprint density at radius 3 is 2.57 bits per heavy atom. The fraction of sp³-hybridized carbons (Fsp3) is 0.208. The van der Waals surface area contributed by atoms with E-state index in [1.54, 1.807) is 6.92 Å². The number of hydrogen-bond acceptors (Lipinski definition) is 5. The first kappa shape index (κ1) is 22.6. The van der Waals surface area contributed by atoms with E-state index >= 15 is 0 Å². The van der Waals surface area contributed by atoms with Gasteiger partial charge < -0.3 is 15.2 Å². The van der Waals surface area contributed by atoms with E-state index in [-0.39, 0.29) is 34.2 Å². The molecule has 0 aliphatic heterocycles. The highest BCUT2D eigenvalue weighted by atomic mass is 19.4. The molecule has 2 aromatic carbocycles. The fourth-order valence-corrected chi connectivity index (χ4v) is 3.83. The SMILES string of the molecule is Cc1cc(F)ccc1Oc1cc(C2CC2)c(C(F)(F)F)cc1C(=O)Nc1ccc2nnc(O)n2c1. The number of aromatic nitrogens is 3. The van der Waals surface area contributed by atoms with E-state index in [0.717, 1.165) is 12.1 Å². The van der Waals surface area contributed by atoms with Crippen LogP contribution in [0.4, 0.5) is 23.2 Å². The summed E-state index contributed by atoms with van der Waals surface area (Å²) in [6, 6.07) is 8.29. The minimum atomic E-state index is -4.68. The minimum Gasteiger partial charge on any atom is -0.479 e. The number of fused-ring (bicyclic) bond motifs is 1. The van der Waals surface area contributed by atoms with Crippen LogP contribution in [-0.2, 0) is 6.18 Å². The summed E-state index contributed by atoms with van der Waals surface area (Å²) < 4.78 is 62.3. The Kier molecular flexibility index (Phi) is 5.34. The van der Waals surface area contributed by atoms with Gasteiger partial charge in [0.05, 0.1) is 16.8 Å². The Bertz CT molecular complexity index is 1460. The molecule has 2 N–H and O–H groups in total. The third kappa shape index (κ3) is 4.48. The molecule has 0 atom stereocenters. The summed E-state index contributed by atoms with van der Waals surface area (Å²) in [7, 11) is 0. The van der Waals surface area contributed by atoms with Crippen LogP contribution in [0.25, 0.3) is 5.65 Å². The lowest BCUT2D eigenvalue weighted by Crippen LogP contribution is -2.17. The predicted molar refractivity (Wildman–Crippen MR) is 117 cm³/mol. The Labute approximate surface area is 196 Å². The molecule has 4 aromatic rings. The van der Waals surface area contributed by atoms with Crippen molar-refractivity contribution in [1.29, 1.82) is 0 Å². The topological polar surface area (TPSA) is 88.8 Å². The molecule has 11 heteroatoms. The van der Waals surface area contributed by atoms with Crippen molar-refractivity contribution >= 4 is 17.2 Å². The first-order valence-corrected chi connectivity index (χ1v) is 10.6. The largest absolute Gasteiger partial charge is 0.479 e. The van der Waals surface area contributed by atoms with Gasteiger partial charge in [-0.2, -0.15) is 13.2 Å². The van der Waals surface area contributed by atoms with Crippen LogP contribution < -0.4 is 10.1 Å². The highest BCUT2D eigenvalue weighted by Crippen LogP contribution is 2.48. The molecular weight excluding hydrogens is 468 g/mol. The Morgan fingerprint density at radius 2 is 1.89 bits per heavy atom. The number of halogens is 4. The molecule has 0 saturated heterocycles. The third-order valence-electron chi connectivity index (χ3n) is 5.72. The van der Waals surface area contributed by atoms with Crippen LogP contribution in [0.15, 0.2) is 48.7 Å². The third-order valence-corrected chi connectivity index (χ3v) is 5.72. The van der Waals surface area contributed by atoms with Crippen molar-refractivity contribution in [2.24, 2.45) is 0 Å². The zero-order chi connectivity index (χ0) is 24.9. The Hall–Kier alpha value is -4.15. The molecule has 0 bridgehead atoms. The van der Waals surface area contributed by atoms with Gasteiger partial charge in [-0.1, -0.05) is 5.10 Å². The van der Waals surface area contributed by atoms with Crippen LogP contribution in [0.5, 0.6) is 17.5 Å². The van der Waals surface area contributed by atoms with Gasteiger partial charge in [-0.15, -0.1) is 5.10 Å². The summed E-state index contributed by atoms with van der Waals surface area (Å²) in [4.78, 5) is 13.2. The summed E-state index contributed by atoms with van der Waals surface area (Å²) in [6.45, 7) is 1.59. The molecule has 2 heterocycles. The van der Waals surface area contributed by atoms with Crippen molar-refractivity contribution in [3.8, 4) is 17.5 Å². The van der Waals surface area contributed by atoms with Crippen LogP contribution in [0.1, 0.15) is 45.8 Å². The second-order valence-corrected chi connectivity index (χ2v) is 8.32. The van der Waals surface area contributed by atoms with E-state index < -0.39 is 29.5 Å². The van der Waals surface area contributed by atoms with Crippen LogP contribution in [-0.4, -0.2) is 25.6 Å². The first-order valence-electron chi connectivity index (χ1n) is 10.6. The maximum atomic E-state index is 13.9. The number of benzene rings is 2. The molecule has 180 valence electrons. The number of nitrogens with one attached hydrogen (secondary N) is 1. The van der Waals surface area contributed by atoms with Gasteiger partial charge >= 0.3 is 12.2 Å². The van der Waals surface area contributed by atoms with E-state index in [9.17, 15) is 27.5 Å². The number of anilines is 1. The van der Waals surface area contributed by atoms with Crippen molar-refractivity contribution in [3.63, 3.8) is 0 Å². The van der Waals surface area contributed by atoms with Gasteiger partial charge in [-0.05, 0) is 79.3 Å². The second-order valence-electron chi connectivity index (χ2n) is 8.32. The number of rotatable bonds is 5. The lowest BCUT2D eigenvalue weighted by molar-refractivity contribution is -0.138. The number of aryl methyl sites for hydroxylation is 1. The molecule has 0 radical (unpaired) electrons. The van der Waals surface area contributed by atoms with E-state index in [4.69, 9.17) is 4.74 Å². The standard InChI is InChI=1S/C24H18F4N4O3/c1-12-8-14(25)4-6-19(12)35-20-10-16(13-2-3-13)18(24(26,27)28)9-17(20)22(33)29-15-5-7-21-30-31-23(34)32(21)11-15/h4-11,13H,2-3H2,1H3,(H,29,33)(H,31,34). The Balaban J connectivity index is 1.58. The van der Waals surface area contributed by atoms with Gasteiger partial charge in [0.15, 0.2) is 5.65 Å². The number of ether oxygens (including phenoxy) is 1. The van der Waals surface area contributed by atoms with Gasteiger partial charge in [0, 0.05) is 6.20 Å². The summed E-state index contributed by atoms with van der Waals surface area (Å²) in [5.41, 5.74) is -0.290. The molecular formula is C24H18F4N4O3. The number of carbonyl (C=O) groups excluding carboxylic acids is 1. The van der Waals surface area contributed by atoms with Gasteiger partial charge in [-0.3, -0.25) is 9.20 Å². The predicted octanol–water partition coefficient (Wildman–Crippen LogP) is 5.82. The van der Waals surface area contributed by atoms with Crippen LogP contribution in [0, 0.1) is 12.7 Å². The number of amides is 1. The van der Waals surface area contributed by atoms with Gasteiger partial charge in [0.1, 0.15) is 17.3 Å². The quantitative estimate of drug-likeness (QED) is 0.347. The molecule has 35 heavy (non-hydrogen) atoms. The average Bonchev–Trinajstić information content (AvgIpc) is 3.58. The van der Waals surface area contributed by atoms with Crippen molar-refractivity contribution in [1.82, 2.24) is 14.6 Å². The highest BCUT2D eigenvalue weighted by Gasteiger charge is 2.40. The zero-order valence-corrected chi connectivity index (χ0v) is 18.2. The molecule has 7 nitrogen and oxygen atoms in total. The molecule has 1 fully saturated rings. The molecule has 1 aliphatic rings. The van der Waals surface area contributed by atoms with Crippen molar-refractivity contribution < 1.29 is 32.2 Å². The molecule has 1 aliphatic carbocycles. The lowest BCUT2D eigenvalue weighted by Gasteiger charge is -2.19. The van der Waals surface area contributed by atoms with Gasteiger partial charge in [0.2, 0.25) is 0 Å². The summed E-state index contributed by atoms with van der Waals surface area (Å²) in [5, 5.41) is 19.5. The van der Waals surface area contributed by atoms with Crippen LogP contribution >= 0.6 is 0 Å². The number of nitrogens with zero attached hydrogens (tertiary/aromatic N) is 3. The highest BCUT2D eigenvalue weighted by molar-refractivity contribution is 6.06. The first-order chi connectivity index (χ1) is 16.6. The van der Waals surface area contributed by atoms with E-state index in [1.165, 1.54) is 40.9 Å². The summed E-state index contributed by atoms with van der Waals surface area (Å²) in [5.74, 6) is -1.51. The maximum absolute atomic E-state index is 13.9. The van der Waals surface area contributed by atoms with E-state index in [1.807, 2.05) is 0 Å². The molecule has 1 amide bonds. The number of pyridine rings is 1. The van der Waals surface area contributed by atoms with Gasteiger partial charge in [-0.25, -0.2) is 4.39 Å². The number of carbonyl (C=O) groups is 1. The molecule has 2 aromatic heterocycles. The molecule has 0 unspecified atom stereocenters. The van der Waals surface area contributed by atoms with Crippen LogP contribution in [0.3, 0.4) is 0 Å². The average molecular weight is 486 g/mol. The van der Waals surface area contributed by atoms with Crippen molar-refractivity contribution in [3.05, 3.63) is 76.7 Å². The van der Waals surface area contributed by atoms with Gasteiger partial charge in [0.25, 0.3) is 5.91 Å². The van der Waals surface area contributed by atoms with Crippen LogP contribution in [0.2, 0.25) is 0 Å². The summed E-state index contributed by atoms with van der Waals surface area (Å²) >= 11 is 0. The zero-order valence-electron chi connectivity index (χ0n) is 18.2. The number of alkyl halides is 3. The number of hydrogen-bond donors (Lipinski definition) is 2. The van der Waals surface area contributed by atoms with E-state index in [2.05, 4.69) is 15.5 Å². The second kappa shape index (κ2) is 8.26. The minimum absolute atomic E-state index is 0.0552. The molecule has 5 rings (SSSR count). The monoisotopic (exact) mass is 486 g/mol. The lowest BCUT2D eigenvalue weighted by atomic mass is 9.98. The Morgan fingerprint density at radius 1 is 1.11 bits per heavy atom. The van der Waals surface area contributed by atoms with E-state index in [0.29, 0.717) is 24.1 Å². The molecule has 1 saturated carbocycles. The number of aromatic hydroxyl groups is 1. The molecule has 0 spiro atoms. The fourth-order valence-electron chi connectivity index (χ4n) is 3.83.